The van der Waals surface area contributed by atoms with Crippen LogP contribution >= 0.6 is 0 Å². The van der Waals surface area contributed by atoms with Crippen LogP contribution in [0.25, 0.3) is 0 Å². The van der Waals surface area contributed by atoms with Gasteiger partial charge in [0.25, 0.3) is 0 Å². The van der Waals surface area contributed by atoms with Crippen molar-refractivity contribution in [3.63, 3.8) is 0 Å². The first-order chi connectivity index (χ1) is 11.9. The second-order valence-corrected chi connectivity index (χ2v) is 7.70. The lowest BCUT2D eigenvalue weighted by molar-refractivity contribution is 0.587. The van der Waals surface area contributed by atoms with E-state index in [1.54, 1.807) is 18.2 Å². The summed E-state index contributed by atoms with van der Waals surface area (Å²) in [6, 6.07) is 13.0. The summed E-state index contributed by atoms with van der Waals surface area (Å²) in [5, 5.41) is 9.67. The Balaban J connectivity index is 2.06. The Hall–Kier alpha value is -2.43. The number of rotatable bonds is 4. The third-order valence-electron chi connectivity index (χ3n) is 4.57. The number of benzene rings is 2. The van der Waals surface area contributed by atoms with E-state index >= 15 is 0 Å². The minimum atomic E-state index is -3.51. The number of nitriles is 1. The van der Waals surface area contributed by atoms with Crippen molar-refractivity contribution in [3.8, 4) is 6.07 Å². The zero-order chi connectivity index (χ0) is 18.2. The lowest BCUT2D eigenvalue weighted by atomic mass is 9.91. The van der Waals surface area contributed by atoms with E-state index in [-0.39, 0.29) is 16.8 Å². The van der Waals surface area contributed by atoms with Crippen molar-refractivity contribution in [2.45, 2.75) is 23.8 Å². The van der Waals surface area contributed by atoms with Crippen LogP contribution in [-0.4, -0.2) is 22.0 Å². The fourth-order valence-electron chi connectivity index (χ4n) is 3.38. The Morgan fingerprint density at radius 3 is 2.48 bits per heavy atom. The predicted molar refractivity (Wildman–Crippen MR) is 93.2 cm³/mol. The largest absolute Gasteiger partial charge is 0.363 e. The molecule has 1 heterocycles. The second kappa shape index (κ2) is 6.47. The number of hydrogen-bond acceptors (Lipinski definition) is 4. The van der Waals surface area contributed by atoms with Gasteiger partial charge in [0.2, 0.25) is 10.0 Å². The molecule has 0 aromatic heterocycles. The van der Waals surface area contributed by atoms with Crippen molar-refractivity contribution in [2.75, 3.05) is 18.5 Å². The third kappa shape index (κ3) is 2.88. The van der Waals surface area contributed by atoms with E-state index in [0.717, 1.165) is 11.3 Å². The minimum absolute atomic E-state index is 0.164. The van der Waals surface area contributed by atoms with E-state index < -0.39 is 15.9 Å². The standard InChI is InChI=1S/C18H18FN3O2S/c1-3-22-17-9-6-13(19)10-15(17)16(11-20)18(22)12-4-7-14(8-5-12)25(23,24)21-2/h4-10,16,18,21H,3H2,1-2H3. The topological polar surface area (TPSA) is 73.2 Å². The average molecular weight is 359 g/mol. The quantitative estimate of drug-likeness (QED) is 0.911. The average Bonchev–Trinajstić information content (AvgIpc) is 2.94. The number of nitrogens with zero attached hydrogens (tertiary/aromatic N) is 2. The van der Waals surface area contributed by atoms with Crippen LogP contribution in [0.4, 0.5) is 10.1 Å². The first-order valence-electron chi connectivity index (χ1n) is 7.92. The van der Waals surface area contributed by atoms with Crippen molar-refractivity contribution in [1.82, 2.24) is 4.72 Å². The molecule has 25 heavy (non-hydrogen) atoms. The summed E-state index contributed by atoms with van der Waals surface area (Å²) in [4.78, 5) is 2.21. The molecule has 1 aliphatic heterocycles. The molecular formula is C18H18FN3O2S. The number of nitrogens with one attached hydrogen (secondary N) is 1. The molecule has 2 aromatic carbocycles. The van der Waals surface area contributed by atoms with Gasteiger partial charge in [-0.2, -0.15) is 5.26 Å². The number of halogens is 1. The van der Waals surface area contributed by atoms with Crippen LogP contribution in [-0.2, 0) is 10.0 Å². The van der Waals surface area contributed by atoms with Crippen LogP contribution in [0.15, 0.2) is 47.4 Å². The van der Waals surface area contributed by atoms with E-state index in [0.29, 0.717) is 12.1 Å². The Kier molecular flexibility index (Phi) is 4.50. The number of sulfonamides is 1. The fourth-order valence-corrected chi connectivity index (χ4v) is 4.11. The second-order valence-electron chi connectivity index (χ2n) is 5.82. The van der Waals surface area contributed by atoms with E-state index in [2.05, 4.69) is 10.8 Å². The third-order valence-corrected chi connectivity index (χ3v) is 6.00. The minimum Gasteiger partial charge on any atom is -0.363 e. The number of likely N-dealkylation sites (N-methyl/N-ethyl adjacent to an activating group) is 1. The lowest BCUT2D eigenvalue weighted by Crippen LogP contribution is -2.26. The van der Waals surface area contributed by atoms with Crippen molar-refractivity contribution in [3.05, 3.63) is 59.4 Å². The summed E-state index contributed by atoms with van der Waals surface area (Å²) < 4.78 is 39.7. The molecule has 0 radical (unpaired) electrons. The van der Waals surface area contributed by atoms with Crippen LogP contribution < -0.4 is 9.62 Å². The molecule has 130 valence electrons. The molecule has 5 nitrogen and oxygen atoms in total. The number of anilines is 1. The van der Waals surface area contributed by atoms with E-state index in [1.807, 2.05) is 11.8 Å². The monoisotopic (exact) mass is 359 g/mol. The highest BCUT2D eigenvalue weighted by atomic mass is 32.2. The van der Waals surface area contributed by atoms with Crippen LogP contribution in [0.5, 0.6) is 0 Å². The van der Waals surface area contributed by atoms with Crippen LogP contribution in [0.1, 0.15) is 30.0 Å². The molecule has 2 unspecified atom stereocenters. The molecule has 0 saturated carbocycles. The highest BCUT2D eigenvalue weighted by Crippen LogP contribution is 2.48. The summed E-state index contributed by atoms with van der Waals surface area (Å²) in [5.41, 5.74) is 2.33. The fraction of sp³-hybridized carbons (Fsp3) is 0.278. The Labute approximate surface area is 146 Å². The Morgan fingerprint density at radius 1 is 1.24 bits per heavy atom. The smallest absolute Gasteiger partial charge is 0.240 e. The van der Waals surface area contributed by atoms with Gasteiger partial charge in [-0.15, -0.1) is 0 Å². The van der Waals surface area contributed by atoms with E-state index in [4.69, 9.17) is 0 Å². The summed E-state index contributed by atoms with van der Waals surface area (Å²) >= 11 is 0. The molecule has 2 atom stereocenters. The number of fused-ring (bicyclic) bond motifs is 1. The van der Waals surface area contributed by atoms with Crippen LogP contribution in [0, 0.1) is 17.1 Å². The van der Waals surface area contributed by atoms with Gasteiger partial charge in [-0.1, -0.05) is 12.1 Å². The van der Waals surface area contributed by atoms with Crippen molar-refractivity contribution < 1.29 is 12.8 Å². The van der Waals surface area contributed by atoms with Crippen LogP contribution in [0.2, 0.25) is 0 Å². The Morgan fingerprint density at radius 2 is 1.92 bits per heavy atom. The summed E-state index contributed by atoms with van der Waals surface area (Å²) in [5.74, 6) is -0.886. The zero-order valence-electron chi connectivity index (χ0n) is 13.9. The highest BCUT2D eigenvalue weighted by molar-refractivity contribution is 7.89. The van der Waals surface area contributed by atoms with Crippen molar-refractivity contribution in [1.29, 1.82) is 5.26 Å². The molecule has 0 bridgehead atoms. The first kappa shape index (κ1) is 17.4. The van der Waals surface area contributed by atoms with Gasteiger partial charge in [0.1, 0.15) is 5.82 Å². The zero-order valence-corrected chi connectivity index (χ0v) is 14.7. The Bertz CT molecular complexity index is 936. The molecule has 0 spiro atoms. The maximum atomic E-state index is 13.7. The molecule has 2 aromatic rings. The van der Waals surface area contributed by atoms with Crippen molar-refractivity contribution in [2.24, 2.45) is 0 Å². The maximum absolute atomic E-state index is 13.7. The molecule has 0 amide bonds. The SMILES string of the molecule is CCN1c2ccc(F)cc2C(C#N)C1c1ccc(S(=O)(=O)NC)cc1. The normalized spacial score (nSPS) is 19.5. The first-order valence-corrected chi connectivity index (χ1v) is 9.40. The van der Waals surface area contributed by atoms with Gasteiger partial charge in [0.15, 0.2) is 0 Å². The van der Waals surface area contributed by atoms with Gasteiger partial charge in [-0.3, -0.25) is 0 Å². The van der Waals surface area contributed by atoms with Gasteiger partial charge >= 0.3 is 0 Å². The van der Waals surface area contributed by atoms with E-state index in [9.17, 15) is 18.1 Å². The molecule has 0 fully saturated rings. The molecule has 3 rings (SSSR count). The molecular weight excluding hydrogens is 341 g/mol. The maximum Gasteiger partial charge on any atom is 0.240 e. The van der Waals surface area contributed by atoms with Gasteiger partial charge in [0.05, 0.1) is 22.9 Å². The number of hydrogen-bond donors (Lipinski definition) is 1. The summed E-state index contributed by atoms with van der Waals surface area (Å²) in [6.07, 6.45) is 0. The summed E-state index contributed by atoms with van der Waals surface area (Å²) in [7, 11) is -2.16. The van der Waals surface area contributed by atoms with Gasteiger partial charge in [-0.25, -0.2) is 17.5 Å². The molecule has 0 aliphatic carbocycles. The summed E-state index contributed by atoms with van der Waals surface area (Å²) in [6.45, 7) is 2.62. The molecule has 0 saturated heterocycles. The molecule has 7 heteroatoms. The molecule has 1 aliphatic rings. The predicted octanol–water partition coefficient (Wildman–Crippen LogP) is 2.92. The lowest BCUT2D eigenvalue weighted by Gasteiger charge is -2.28. The van der Waals surface area contributed by atoms with E-state index in [1.165, 1.54) is 31.3 Å². The van der Waals surface area contributed by atoms with Gasteiger partial charge < -0.3 is 4.90 Å². The highest BCUT2D eigenvalue weighted by Gasteiger charge is 2.39. The van der Waals surface area contributed by atoms with Crippen LogP contribution in [0.3, 0.4) is 0 Å². The van der Waals surface area contributed by atoms with Gasteiger partial charge in [-0.05, 0) is 55.4 Å². The van der Waals surface area contributed by atoms with Crippen molar-refractivity contribution >= 4 is 15.7 Å². The van der Waals surface area contributed by atoms with Gasteiger partial charge in [0, 0.05) is 12.2 Å². The molecule has 1 N–H and O–H groups in total.